The van der Waals surface area contributed by atoms with Crippen molar-refractivity contribution >= 4 is 5.69 Å². The number of nitrogens with zero attached hydrogens (tertiary/aromatic N) is 2. The van der Waals surface area contributed by atoms with Crippen molar-refractivity contribution in [2.75, 3.05) is 5.73 Å². The molecule has 0 saturated carbocycles. The summed E-state index contributed by atoms with van der Waals surface area (Å²) in [6, 6.07) is 6.01. The third kappa shape index (κ3) is 1.63. The quantitative estimate of drug-likeness (QED) is 0.720. The van der Waals surface area contributed by atoms with Crippen molar-refractivity contribution in [3.05, 3.63) is 46.1 Å². The number of nitrogens with two attached hydrogens (primary N) is 1. The third-order valence-electron chi connectivity index (χ3n) is 3.36. The molecule has 1 unspecified atom stereocenters. The predicted octanol–water partition coefficient (Wildman–Crippen LogP) is 1.08. The maximum Gasteiger partial charge on any atom is 0.343 e. The molecule has 0 bridgehead atoms. The number of aromatic nitrogens is 3. The second-order valence-electron chi connectivity index (χ2n) is 4.44. The number of aryl methyl sites for hydroxylation is 1. The Kier molecular flexibility index (Phi) is 2.24. The number of aromatic amines is 1. The molecular weight excluding hydrogens is 216 g/mol. The molecule has 1 aliphatic carbocycles. The Balaban J connectivity index is 2.11. The summed E-state index contributed by atoms with van der Waals surface area (Å²) in [5, 5.41) is 6.23. The van der Waals surface area contributed by atoms with Gasteiger partial charge in [0, 0.05) is 5.69 Å². The summed E-state index contributed by atoms with van der Waals surface area (Å²) in [7, 11) is 0. The summed E-state index contributed by atoms with van der Waals surface area (Å²) in [5.41, 5.74) is 8.85. The van der Waals surface area contributed by atoms with Gasteiger partial charge in [-0.15, -0.1) is 0 Å². The van der Waals surface area contributed by atoms with Crippen LogP contribution >= 0.6 is 0 Å². The van der Waals surface area contributed by atoms with E-state index in [-0.39, 0.29) is 11.7 Å². The SMILES string of the molecule is Nc1ccc2c(c1)CCCC2n1cn[nH]c1=O. The van der Waals surface area contributed by atoms with Crippen molar-refractivity contribution in [1.29, 1.82) is 0 Å². The van der Waals surface area contributed by atoms with Crippen LogP contribution < -0.4 is 11.4 Å². The van der Waals surface area contributed by atoms with Gasteiger partial charge in [0.15, 0.2) is 0 Å². The molecule has 3 rings (SSSR count). The van der Waals surface area contributed by atoms with Crippen LogP contribution in [0.3, 0.4) is 0 Å². The largest absolute Gasteiger partial charge is 0.399 e. The smallest absolute Gasteiger partial charge is 0.343 e. The van der Waals surface area contributed by atoms with E-state index >= 15 is 0 Å². The first-order chi connectivity index (χ1) is 8.25. The molecule has 1 heterocycles. The molecule has 0 radical (unpaired) electrons. The van der Waals surface area contributed by atoms with E-state index in [4.69, 9.17) is 5.73 Å². The van der Waals surface area contributed by atoms with Crippen LogP contribution in [-0.2, 0) is 6.42 Å². The Labute approximate surface area is 98.3 Å². The monoisotopic (exact) mass is 230 g/mol. The Morgan fingerprint density at radius 2 is 2.35 bits per heavy atom. The normalized spacial score (nSPS) is 18.9. The van der Waals surface area contributed by atoms with E-state index in [0.29, 0.717) is 0 Å². The summed E-state index contributed by atoms with van der Waals surface area (Å²) >= 11 is 0. The second kappa shape index (κ2) is 3.76. The standard InChI is InChI=1S/C12H14N4O/c13-9-4-5-10-8(6-9)2-1-3-11(10)16-7-14-15-12(16)17/h4-7,11H,1-3,13H2,(H,15,17). The summed E-state index contributed by atoms with van der Waals surface area (Å²) in [6.45, 7) is 0. The van der Waals surface area contributed by atoms with Gasteiger partial charge < -0.3 is 5.73 Å². The summed E-state index contributed by atoms with van der Waals surface area (Å²) in [5.74, 6) is 0. The van der Waals surface area contributed by atoms with Crippen molar-refractivity contribution in [1.82, 2.24) is 14.8 Å². The molecular formula is C12H14N4O. The minimum absolute atomic E-state index is 0.0885. The highest BCUT2D eigenvalue weighted by Crippen LogP contribution is 2.32. The van der Waals surface area contributed by atoms with Gasteiger partial charge in [0.1, 0.15) is 6.33 Å². The molecule has 1 atom stereocenters. The number of rotatable bonds is 1. The number of benzene rings is 1. The zero-order valence-electron chi connectivity index (χ0n) is 9.39. The van der Waals surface area contributed by atoms with Gasteiger partial charge in [-0.3, -0.25) is 4.57 Å². The summed E-state index contributed by atoms with van der Waals surface area (Å²) < 4.78 is 1.66. The van der Waals surface area contributed by atoms with Gasteiger partial charge in [-0.05, 0) is 42.5 Å². The molecule has 0 spiro atoms. The van der Waals surface area contributed by atoms with E-state index < -0.39 is 0 Å². The minimum atomic E-state index is -0.153. The highest BCUT2D eigenvalue weighted by atomic mass is 16.1. The zero-order chi connectivity index (χ0) is 11.8. The van der Waals surface area contributed by atoms with Gasteiger partial charge >= 0.3 is 5.69 Å². The molecule has 1 aromatic carbocycles. The third-order valence-corrected chi connectivity index (χ3v) is 3.36. The van der Waals surface area contributed by atoms with Gasteiger partial charge in [0.25, 0.3) is 0 Å². The molecule has 17 heavy (non-hydrogen) atoms. The summed E-state index contributed by atoms with van der Waals surface area (Å²) in [4.78, 5) is 11.6. The number of hydrogen-bond donors (Lipinski definition) is 2. The average molecular weight is 230 g/mol. The Morgan fingerprint density at radius 3 is 3.12 bits per heavy atom. The molecule has 5 heteroatoms. The van der Waals surface area contributed by atoms with Crippen LogP contribution in [0.5, 0.6) is 0 Å². The molecule has 0 aliphatic heterocycles. The Morgan fingerprint density at radius 1 is 1.47 bits per heavy atom. The van der Waals surface area contributed by atoms with Crippen LogP contribution in [0.15, 0.2) is 29.3 Å². The topological polar surface area (TPSA) is 76.7 Å². The molecule has 0 fully saturated rings. The van der Waals surface area contributed by atoms with Crippen LogP contribution in [-0.4, -0.2) is 14.8 Å². The first-order valence-electron chi connectivity index (χ1n) is 5.75. The van der Waals surface area contributed by atoms with Crippen LogP contribution in [0.25, 0.3) is 0 Å². The highest BCUT2D eigenvalue weighted by Gasteiger charge is 2.22. The van der Waals surface area contributed by atoms with Gasteiger partial charge in [0.2, 0.25) is 0 Å². The van der Waals surface area contributed by atoms with Gasteiger partial charge in [-0.25, -0.2) is 9.89 Å². The van der Waals surface area contributed by atoms with Crippen LogP contribution in [0.1, 0.15) is 30.0 Å². The van der Waals surface area contributed by atoms with E-state index in [1.54, 1.807) is 10.9 Å². The predicted molar refractivity (Wildman–Crippen MR) is 64.8 cm³/mol. The first-order valence-corrected chi connectivity index (χ1v) is 5.75. The molecule has 3 N–H and O–H groups in total. The van der Waals surface area contributed by atoms with Gasteiger partial charge in [-0.1, -0.05) is 6.07 Å². The molecule has 0 saturated heterocycles. The Hall–Kier alpha value is -2.04. The van der Waals surface area contributed by atoms with E-state index in [9.17, 15) is 4.79 Å². The lowest BCUT2D eigenvalue weighted by molar-refractivity contribution is 0.478. The zero-order valence-corrected chi connectivity index (χ0v) is 9.39. The molecule has 1 aromatic heterocycles. The lowest BCUT2D eigenvalue weighted by Gasteiger charge is -2.25. The fraction of sp³-hybridized carbons (Fsp3) is 0.333. The average Bonchev–Trinajstić information content (AvgIpc) is 2.74. The number of nitrogens with one attached hydrogen (secondary N) is 1. The van der Waals surface area contributed by atoms with Gasteiger partial charge in [-0.2, -0.15) is 5.10 Å². The van der Waals surface area contributed by atoms with Gasteiger partial charge in [0.05, 0.1) is 6.04 Å². The number of nitrogen functional groups attached to an aromatic ring is 1. The molecule has 2 aromatic rings. The molecule has 1 aliphatic rings. The van der Waals surface area contributed by atoms with E-state index in [1.165, 1.54) is 11.1 Å². The van der Waals surface area contributed by atoms with Crippen molar-refractivity contribution in [3.8, 4) is 0 Å². The summed E-state index contributed by atoms with van der Waals surface area (Å²) in [6.07, 6.45) is 4.64. The van der Waals surface area contributed by atoms with Crippen molar-refractivity contribution in [3.63, 3.8) is 0 Å². The van der Waals surface area contributed by atoms with Crippen molar-refractivity contribution in [2.45, 2.75) is 25.3 Å². The number of hydrogen-bond acceptors (Lipinski definition) is 3. The first kappa shape index (κ1) is 10.1. The minimum Gasteiger partial charge on any atom is -0.399 e. The van der Waals surface area contributed by atoms with Crippen molar-refractivity contribution < 1.29 is 0 Å². The molecule has 0 amide bonds. The van der Waals surface area contributed by atoms with E-state index in [1.807, 2.05) is 18.2 Å². The second-order valence-corrected chi connectivity index (χ2v) is 4.44. The fourth-order valence-electron chi connectivity index (χ4n) is 2.58. The number of fused-ring (bicyclic) bond motifs is 1. The molecule has 5 nitrogen and oxygen atoms in total. The fourth-order valence-corrected chi connectivity index (χ4v) is 2.58. The Bertz CT molecular complexity index is 599. The number of anilines is 1. The molecule has 88 valence electrons. The highest BCUT2D eigenvalue weighted by molar-refractivity contribution is 5.46. The lowest BCUT2D eigenvalue weighted by Crippen LogP contribution is -2.25. The van der Waals surface area contributed by atoms with Crippen molar-refractivity contribution in [2.24, 2.45) is 0 Å². The van der Waals surface area contributed by atoms with E-state index in [2.05, 4.69) is 10.2 Å². The maximum atomic E-state index is 11.6. The van der Waals surface area contributed by atoms with E-state index in [0.717, 1.165) is 24.9 Å². The lowest BCUT2D eigenvalue weighted by atomic mass is 9.87. The van der Waals surface area contributed by atoms with Crippen LogP contribution in [0, 0.1) is 0 Å². The van der Waals surface area contributed by atoms with Crippen LogP contribution in [0.2, 0.25) is 0 Å². The number of H-pyrrole nitrogens is 1. The maximum absolute atomic E-state index is 11.6. The van der Waals surface area contributed by atoms with Crippen LogP contribution in [0.4, 0.5) is 5.69 Å².